The van der Waals surface area contributed by atoms with Crippen LogP contribution in [0.15, 0.2) is 20.7 Å². The Morgan fingerprint density at radius 3 is 2.28 bits per heavy atom. The molecule has 0 amide bonds. The van der Waals surface area contributed by atoms with Crippen molar-refractivity contribution >= 4 is 22.4 Å². The largest absolute Gasteiger partial charge is 0.330 e. The Kier molecular flexibility index (Phi) is 6.13. The molecule has 0 aromatic carbocycles. The molecule has 142 valence electrons. The SMILES string of the molecule is Cl.Cn1cc(S(=O)(=O)N2CCC(NCC3CC3)CC2)c(=O)n(C)c1=O. The highest BCUT2D eigenvalue weighted by molar-refractivity contribution is 7.89. The van der Waals surface area contributed by atoms with E-state index in [1.54, 1.807) is 0 Å². The lowest BCUT2D eigenvalue weighted by atomic mass is 10.1. The number of hydrogen-bond acceptors (Lipinski definition) is 5. The zero-order valence-corrected chi connectivity index (χ0v) is 16.1. The highest BCUT2D eigenvalue weighted by Crippen LogP contribution is 2.28. The highest BCUT2D eigenvalue weighted by atomic mass is 35.5. The Labute approximate surface area is 153 Å². The summed E-state index contributed by atoms with van der Waals surface area (Å²) >= 11 is 0. The number of nitrogens with one attached hydrogen (secondary N) is 1. The second-order valence-corrected chi connectivity index (χ2v) is 8.69. The quantitative estimate of drug-likeness (QED) is 0.739. The summed E-state index contributed by atoms with van der Waals surface area (Å²) in [5.74, 6) is 0.792. The Morgan fingerprint density at radius 2 is 1.72 bits per heavy atom. The third-order valence-corrected chi connectivity index (χ3v) is 6.76. The van der Waals surface area contributed by atoms with E-state index in [9.17, 15) is 18.0 Å². The monoisotopic (exact) mass is 392 g/mol. The van der Waals surface area contributed by atoms with Crippen molar-refractivity contribution in [2.75, 3.05) is 19.6 Å². The molecule has 2 heterocycles. The van der Waals surface area contributed by atoms with Crippen LogP contribution in [0.2, 0.25) is 0 Å². The molecule has 1 aliphatic heterocycles. The maximum Gasteiger partial charge on any atom is 0.330 e. The Hall–Kier alpha value is -1.16. The fraction of sp³-hybridized carbons (Fsp3) is 0.733. The first-order valence-electron chi connectivity index (χ1n) is 8.31. The molecule has 1 aromatic heterocycles. The van der Waals surface area contributed by atoms with Gasteiger partial charge in [0.25, 0.3) is 5.56 Å². The lowest BCUT2D eigenvalue weighted by molar-refractivity contribution is 0.287. The summed E-state index contributed by atoms with van der Waals surface area (Å²) in [7, 11) is -1.16. The van der Waals surface area contributed by atoms with Crippen molar-refractivity contribution in [2.24, 2.45) is 20.0 Å². The summed E-state index contributed by atoms with van der Waals surface area (Å²) in [6.45, 7) is 1.78. The molecular weight excluding hydrogens is 368 g/mol. The topological polar surface area (TPSA) is 93.4 Å². The normalized spacial score (nSPS) is 19.6. The van der Waals surface area contributed by atoms with Crippen LogP contribution < -0.4 is 16.6 Å². The number of piperidine rings is 1. The molecule has 1 saturated heterocycles. The van der Waals surface area contributed by atoms with Gasteiger partial charge in [0.2, 0.25) is 10.0 Å². The molecule has 0 unspecified atom stereocenters. The van der Waals surface area contributed by atoms with Gasteiger partial charge in [0, 0.05) is 39.4 Å². The van der Waals surface area contributed by atoms with Crippen molar-refractivity contribution in [1.29, 1.82) is 0 Å². The fourth-order valence-corrected chi connectivity index (χ4v) is 4.67. The Morgan fingerprint density at radius 1 is 1.12 bits per heavy atom. The summed E-state index contributed by atoms with van der Waals surface area (Å²) in [4.78, 5) is 23.6. The van der Waals surface area contributed by atoms with Crippen LogP contribution in [0.25, 0.3) is 0 Å². The number of hydrogen-bond donors (Lipinski definition) is 1. The zero-order chi connectivity index (χ0) is 17.5. The number of halogens is 1. The van der Waals surface area contributed by atoms with E-state index in [0.717, 1.165) is 40.6 Å². The van der Waals surface area contributed by atoms with Crippen LogP contribution >= 0.6 is 12.4 Å². The van der Waals surface area contributed by atoms with Gasteiger partial charge < -0.3 is 9.88 Å². The van der Waals surface area contributed by atoms with Crippen molar-refractivity contribution in [2.45, 2.75) is 36.6 Å². The van der Waals surface area contributed by atoms with E-state index in [1.165, 1.54) is 31.2 Å². The predicted molar refractivity (Wildman–Crippen MR) is 96.7 cm³/mol. The summed E-state index contributed by atoms with van der Waals surface area (Å²) in [6.07, 6.45) is 5.17. The molecule has 0 atom stereocenters. The smallest absolute Gasteiger partial charge is 0.314 e. The lowest BCUT2D eigenvalue weighted by Gasteiger charge is -2.31. The van der Waals surface area contributed by atoms with E-state index >= 15 is 0 Å². The van der Waals surface area contributed by atoms with Gasteiger partial charge in [-0.05, 0) is 38.1 Å². The Bertz CT molecular complexity index is 836. The van der Waals surface area contributed by atoms with Gasteiger partial charge >= 0.3 is 5.69 Å². The average Bonchev–Trinajstić information content (AvgIpc) is 3.39. The van der Waals surface area contributed by atoms with E-state index in [1.807, 2.05) is 0 Å². The van der Waals surface area contributed by atoms with E-state index < -0.39 is 21.3 Å². The van der Waals surface area contributed by atoms with E-state index in [4.69, 9.17) is 0 Å². The summed E-state index contributed by atoms with van der Waals surface area (Å²) in [6, 6.07) is 0.333. The fourth-order valence-electron chi connectivity index (χ4n) is 3.05. The van der Waals surface area contributed by atoms with Gasteiger partial charge in [0.15, 0.2) is 4.90 Å². The number of sulfonamides is 1. The molecule has 2 aliphatic rings. The van der Waals surface area contributed by atoms with Crippen LogP contribution in [-0.2, 0) is 24.1 Å². The van der Waals surface area contributed by atoms with Crippen molar-refractivity contribution in [3.05, 3.63) is 27.0 Å². The molecule has 0 spiro atoms. The molecule has 1 saturated carbocycles. The third-order valence-electron chi connectivity index (χ3n) is 4.88. The molecule has 10 heteroatoms. The highest BCUT2D eigenvalue weighted by Gasteiger charge is 2.32. The second-order valence-electron chi connectivity index (χ2n) is 6.78. The second kappa shape index (κ2) is 7.61. The van der Waals surface area contributed by atoms with Gasteiger partial charge in [-0.3, -0.25) is 9.36 Å². The molecule has 1 aromatic rings. The van der Waals surface area contributed by atoms with Crippen molar-refractivity contribution in [1.82, 2.24) is 18.8 Å². The molecule has 1 N–H and O–H groups in total. The van der Waals surface area contributed by atoms with Crippen LogP contribution in [0.4, 0.5) is 0 Å². The Balaban J connectivity index is 0.00000225. The maximum absolute atomic E-state index is 12.8. The first kappa shape index (κ1) is 20.2. The first-order chi connectivity index (χ1) is 11.3. The van der Waals surface area contributed by atoms with Gasteiger partial charge in [0.05, 0.1) is 0 Å². The molecule has 3 rings (SSSR count). The molecule has 1 aliphatic carbocycles. The predicted octanol–water partition coefficient (Wildman–Crippen LogP) is -0.341. The summed E-state index contributed by atoms with van der Waals surface area (Å²) in [5.41, 5.74) is -1.31. The summed E-state index contributed by atoms with van der Waals surface area (Å²) < 4.78 is 28.9. The van der Waals surface area contributed by atoms with Crippen molar-refractivity contribution in [3.8, 4) is 0 Å². The van der Waals surface area contributed by atoms with E-state index in [0.29, 0.717) is 19.1 Å². The number of aryl methyl sites for hydroxylation is 1. The molecule has 2 fully saturated rings. The van der Waals surface area contributed by atoms with Gasteiger partial charge in [-0.25, -0.2) is 13.2 Å². The minimum absolute atomic E-state index is 0. The van der Waals surface area contributed by atoms with Crippen molar-refractivity contribution in [3.63, 3.8) is 0 Å². The van der Waals surface area contributed by atoms with Gasteiger partial charge in [-0.15, -0.1) is 12.4 Å². The standard InChI is InChI=1S/C15H24N4O4S.ClH/c1-17-10-13(14(20)18(2)15(17)21)24(22,23)19-7-5-12(6-8-19)16-9-11-3-4-11;/h10-12,16H,3-9H2,1-2H3;1H. The van der Waals surface area contributed by atoms with Gasteiger partial charge in [0.1, 0.15) is 0 Å². The lowest BCUT2D eigenvalue weighted by Crippen LogP contribution is -2.47. The summed E-state index contributed by atoms with van der Waals surface area (Å²) in [5, 5.41) is 3.50. The van der Waals surface area contributed by atoms with Crippen LogP contribution in [0.1, 0.15) is 25.7 Å². The molecule has 25 heavy (non-hydrogen) atoms. The average molecular weight is 393 g/mol. The van der Waals surface area contributed by atoms with Gasteiger partial charge in [-0.1, -0.05) is 0 Å². The van der Waals surface area contributed by atoms with E-state index in [2.05, 4.69) is 5.32 Å². The zero-order valence-electron chi connectivity index (χ0n) is 14.5. The molecular formula is C15H25ClN4O4S. The van der Waals surface area contributed by atoms with E-state index in [-0.39, 0.29) is 17.3 Å². The van der Waals surface area contributed by atoms with Crippen LogP contribution in [0, 0.1) is 5.92 Å². The minimum Gasteiger partial charge on any atom is -0.314 e. The van der Waals surface area contributed by atoms with Crippen LogP contribution in [0.3, 0.4) is 0 Å². The third kappa shape index (κ3) is 4.16. The maximum atomic E-state index is 12.8. The first-order valence-corrected chi connectivity index (χ1v) is 9.75. The van der Waals surface area contributed by atoms with Crippen LogP contribution in [-0.4, -0.2) is 47.5 Å². The molecule has 0 radical (unpaired) electrons. The van der Waals surface area contributed by atoms with Crippen molar-refractivity contribution < 1.29 is 8.42 Å². The number of nitrogens with zero attached hydrogens (tertiary/aromatic N) is 3. The van der Waals surface area contributed by atoms with Gasteiger partial charge in [-0.2, -0.15) is 4.31 Å². The minimum atomic E-state index is -3.88. The van der Waals surface area contributed by atoms with Crippen LogP contribution in [0.5, 0.6) is 0 Å². The molecule has 0 bridgehead atoms. The number of rotatable bonds is 5. The molecule has 8 nitrogen and oxygen atoms in total. The number of aromatic nitrogens is 2.